The second-order valence-electron chi connectivity index (χ2n) is 7.67. The van der Waals surface area contributed by atoms with Crippen LogP contribution in [0, 0.1) is 0 Å². The molecule has 174 valence electrons. The lowest BCUT2D eigenvalue weighted by atomic mass is 10.1. The molecule has 2 aromatic heterocycles. The minimum atomic E-state index is -3.77. The second kappa shape index (κ2) is 10.4. The summed E-state index contributed by atoms with van der Waals surface area (Å²) in [5.41, 5.74) is 1.67. The monoisotopic (exact) mass is 479 g/mol. The van der Waals surface area contributed by atoms with E-state index in [2.05, 4.69) is 15.3 Å². The number of ether oxygens (including phenoxy) is 2. The minimum absolute atomic E-state index is 0.0477. The average molecular weight is 480 g/mol. The molecular weight excluding hydrogens is 450 g/mol. The van der Waals surface area contributed by atoms with Crippen molar-refractivity contribution < 1.29 is 17.9 Å². The highest BCUT2D eigenvalue weighted by Crippen LogP contribution is 2.30. The molecule has 0 amide bonds. The highest BCUT2D eigenvalue weighted by Gasteiger charge is 2.27. The molecular formula is C21H29N5O4S2. The molecule has 0 spiro atoms. The van der Waals surface area contributed by atoms with Gasteiger partial charge in [0.05, 0.1) is 29.4 Å². The third-order valence-electron chi connectivity index (χ3n) is 4.79. The molecule has 11 heteroatoms. The number of methoxy groups -OCH3 is 1. The van der Waals surface area contributed by atoms with E-state index < -0.39 is 10.0 Å². The molecule has 1 aliphatic rings. The standard InChI is InChI=1S/C21H29N5O4S2/c1-14(2)30-19-7-6-16(32(22,27)28)11-17(19)24-21-25-18(13-31-21)15-5-8-20(23-12-15)26(3)9-10-29-4/h5-8,12-14,17H,9-11H2,1-4H3,(H,24,25)(H2,22,27,28). The van der Waals surface area contributed by atoms with Crippen LogP contribution >= 0.6 is 11.3 Å². The van der Waals surface area contributed by atoms with E-state index >= 15 is 0 Å². The zero-order valence-electron chi connectivity index (χ0n) is 18.6. The van der Waals surface area contributed by atoms with Crippen LogP contribution in [-0.4, -0.2) is 57.8 Å². The molecule has 1 unspecified atom stereocenters. The Labute approximate surface area is 193 Å². The maximum atomic E-state index is 11.8. The number of sulfonamides is 1. The lowest BCUT2D eigenvalue weighted by molar-refractivity contribution is 0.135. The van der Waals surface area contributed by atoms with Gasteiger partial charge in [-0.1, -0.05) is 0 Å². The van der Waals surface area contributed by atoms with Crippen molar-refractivity contribution in [2.45, 2.75) is 32.4 Å². The van der Waals surface area contributed by atoms with E-state index in [1.807, 2.05) is 43.3 Å². The Morgan fingerprint density at radius 3 is 2.75 bits per heavy atom. The quantitative estimate of drug-likeness (QED) is 0.534. The van der Waals surface area contributed by atoms with Crippen LogP contribution in [0.5, 0.6) is 0 Å². The van der Waals surface area contributed by atoms with Crippen molar-refractivity contribution in [3.05, 3.63) is 46.5 Å². The summed E-state index contributed by atoms with van der Waals surface area (Å²) in [6, 6.07) is 3.53. The zero-order chi connectivity index (χ0) is 23.3. The molecule has 0 saturated heterocycles. The van der Waals surface area contributed by atoms with E-state index in [0.717, 1.165) is 23.6 Å². The number of pyridine rings is 1. The SMILES string of the molecule is COCCN(C)c1ccc(-c2csc(NC3CC(S(N)(=O)=O)=CC=C3OC(C)C)n2)cn1. The van der Waals surface area contributed by atoms with Crippen LogP contribution in [-0.2, 0) is 19.5 Å². The fourth-order valence-electron chi connectivity index (χ4n) is 3.12. The average Bonchev–Trinajstić information content (AvgIpc) is 3.20. The third-order valence-corrected chi connectivity index (χ3v) is 6.59. The van der Waals surface area contributed by atoms with Crippen LogP contribution in [0.4, 0.5) is 10.9 Å². The van der Waals surface area contributed by atoms with Crippen LogP contribution in [0.15, 0.2) is 46.5 Å². The summed E-state index contributed by atoms with van der Waals surface area (Å²) in [7, 11) is -0.139. The second-order valence-corrected chi connectivity index (χ2v) is 10.1. The molecule has 32 heavy (non-hydrogen) atoms. The van der Waals surface area contributed by atoms with Crippen molar-refractivity contribution in [3.8, 4) is 11.3 Å². The zero-order valence-corrected chi connectivity index (χ0v) is 20.2. The summed E-state index contributed by atoms with van der Waals surface area (Å²) in [6.45, 7) is 5.21. The van der Waals surface area contributed by atoms with Crippen LogP contribution in [0.1, 0.15) is 20.3 Å². The van der Waals surface area contributed by atoms with Gasteiger partial charge in [0, 0.05) is 44.3 Å². The molecule has 1 atom stereocenters. The van der Waals surface area contributed by atoms with E-state index in [4.69, 9.17) is 14.6 Å². The normalized spacial score (nSPS) is 16.5. The van der Waals surface area contributed by atoms with Gasteiger partial charge in [-0.05, 0) is 38.1 Å². The van der Waals surface area contributed by atoms with Gasteiger partial charge in [0.15, 0.2) is 5.13 Å². The lowest BCUT2D eigenvalue weighted by Crippen LogP contribution is -2.30. The van der Waals surface area contributed by atoms with Crippen molar-refractivity contribution >= 4 is 32.3 Å². The Morgan fingerprint density at radius 2 is 2.12 bits per heavy atom. The van der Waals surface area contributed by atoms with Gasteiger partial charge in [0.2, 0.25) is 10.0 Å². The van der Waals surface area contributed by atoms with Crippen molar-refractivity contribution in [1.82, 2.24) is 9.97 Å². The van der Waals surface area contributed by atoms with Gasteiger partial charge >= 0.3 is 0 Å². The molecule has 0 saturated carbocycles. The highest BCUT2D eigenvalue weighted by molar-refractivity contribution is 7.93. The molecule has 0 bridgehead atoms. The summed E-state index contributed by atoms with van der Waals surface area (Å²) in [6.07, 6.45) is 5.07. The minimum Gasteiger partial charge on any atom is -0.493 e. The third kappa shape index (κ3) is 6.28. The molecule has 0 aromatic carbocycles. The number of rotatable bonds is 10. The first kappa shape index (κ1) is 24.2. The molecule has 9 nitrogen and oxygen atoms in total. The number of hydrogen-bond donors (Lipinski definition) is 2. The fourth-order valence-corrected chi connectivity index (χ4v) is 4.55. The van der Waals surface area contributed by atoms with E-state index in [9.17, 15) is 8.42 Å². The van der Waals surface area contributed by atoms with Gasteiger partial charge in [0.1, 0.15) is 11.6 Å². The molecule has 0 fully saturated rings. The van der Waals surface area contributed by atoms with Crippen LogP contribution in [0.2, 0.25) is 0 Å². The number of allylic oxidation sites excluding steroid dienone is 2. The predicted octanol–water partition coefficient (Wildman–Crippen LogP) is 2.95. The Bertz CT molecular complexity index is 1080. The van der Waals surface area contributed by atoms with E-state index in [1.165, 1.54) is 17.4 Å². The van der Waals surface area contributed by atoms with Crippen molar-refractivity contribution in [2.75, 3.05) is 37.5 Å². The number of nitrogens with two attached hydrogens (primary N) is 1. The van der Waals surface area contributed by atoms with Crippen molar-refractivity contribution in [1.29, 1.82) is 0 Å². The van der Waals surface area contributed by atoms with Gasteiger partial charge in [0.25, 0.3) is 0 Å². The van der Waals surface area contributed by atoms with Gasteiger partial charge < -0.3 is 19.7 Å². The number of anilines is 2. The van der Waals surface area contributed by atoms with Crippen LogP contribution in [0.25, 0.3) is 11.3 Å². The number of thiazole rings is 1. The highest BCUT2D eigenvalue weighted by atomic mass is 32.2. The number of aromatic nitrogens is 2. The van der Waals surface area contributed by atoms with Gasteiger partial charge in [-0.2, -0.15) is 0 Å². The molecule has 3 N–H and O–H groups in total. The number of hydrogen-bond acceptors (Lipinski definition) is 9. The number of primary sulfonamides is 1. The van der Waals surface area contributed by atoms with Gasteiger partial charge in [-0.15, -0.1) is 11.3 Å². The topological polar surface area (TPSA) is 120 Å². The fraction of sp³-hybridized carbons (Fsp3) is 0.429. The van der Waals surface area contributed by atoms with E-state index in [0.29, 0.717) is 17.5 Å². The Hall–Kier alpha value is -2.47. The molecule has 2 heterocycles. The van der Waals surface area contributed by atoms with Gasteiger partial charge in [-0.25, -0.2) is 23.5 Å². The lowest BCUT2D eigenvalue weighted by Gasteiger charge is -2.26. The molecule has 3 rings (SSSR count). The predicted molar refractivity (Wildman–Crippen MR) is 128 cm³/mol. The summed E-state index contributed by atoms with van der Waals surface area (Å²) in [5, 5.41) is 11.2. The maximum Gasteiger partial charge on any atom is 0.234 e. The first-order valence-electron chi connectivity index (χ1n) is 10.2. The summed E-state index contributed by atoms with van der Waals surface area (Å²) >= 11 is 1.43. The first-order chi connectivity index (χ1) is 15.2. The Kier molecular flexibility index (Phi) is 7.88. The Morgan fingerprint density at radius 1 is 1.34 bits per heavy atom. The van der Waals surface area contributed by atoms with Crippen molar-refractivity contribution in [2.24, 2.45) is 5.14 Å². The van der Waals surface area contributed by atoms with E-state index in [-0.39, 0.29) is 23.5 Å². The molecule has 1 aliphatic carbocycles. The summed E-state index contributed by atoms with van der Waals surface area (Å²) in [5.74, 6) is 1.50. The van der Waals surface area contributed by atoms with E-state index in [1.54, 1.807) is 19.4 Å². The smallest absolute Gasteiger partial charge is 0.234 e. The van der Waals surface area contributed by atoms with Crippen LogP contribution < -0.4 is 15.4 Å². The number of likely N-dealkylation sites (N-methyl/N-ethyl adjacent to an activating group) is 1. The molecule has 0 aliphatic heterocycles. The summed E-state index contributed by atoms with van der Waals surface area (Å²) < 4.78 is 34.6. The maximum absolute atomic E-state index is 11.8. The first-order valence-corrected chi connectivity index (χ1v) is 12.6. The Balaban J connectivity index is 1.73. The largest absolute Gasteiger partial charge is 0.493 e. The molecule has 0 radical (unpaired) electrons. The molecule has 2 aromatic rings. The number of nitrogens with one attached hydrogen (secondary N) is 1. The number of nitrogens with zero attached hydrogens (tertiary/aromatic N) is 3. The van der Waals surface area contributed by atoms with Crippen LogP contribution in [0.3, 0.4) is 0 Å². The van der Waals surface area contributed by atoms with Crippen molar-refractivity contribution in [3.63, 3.8) is 0 Å². The van der Waals surface area contributed by atoms with Gasteiger partial charge in [-0.3, -0.25) is 0 Å². The summed E-state index contributed by atoms with van der Waals surface area (Å²) in [4.78, 5) is 11.3.